The molecule has 0 atom stereocenters. The highest BCUT2D eigenvalue weighted by atomic mass is 79.9. The Morgan fingerprint density at radius 2 is 1.68 bits per heavy atom. The van der Waals surface area contributed by atoms with Gasteiger partial charge in [-0.05, 0) is 77.3 Å². The Balaban J connectivity index is 0.00000341. The molecule has 0 unspecified atom stereocenters. The molecule has 0 aromatic heterocycles. The van der Waals surface area contributed by atoms with Gasteiger partial charge >= 0.3 is 0 Å². The molecule has 166 valence electrons. The van der Waals surface area contributed by atoms with Gasteiger partial charge in [0, 0.05) is 22.2 Å². The van der Waals surface area contributed by atoms with Gasteiger partial charge in [0.25, 0.3) is 0 Å². The highest BCUT2D eigenvalue weighted by Crippen LogP contribution is 2.37. The summed E-state index contributed by atoms with van der Waals surface area (Å²) in [5.74, 6) is 1.40. The van der Waals surface area contributed by atoms with Crippen LogP contribution in [0.5, 0.6) is 11.5 Å². The van der Waals surface area contributed by atoms with Crippen molar-refractivity contribution in [2.45, 2.75) is 26.5 Å². The second-order valence-corrected chi connectivity index (χ2v) is 8.47. The van der Waals surface area contributed by atoms with Crippen LogP contribution in [0.1, 0.15) is 23.6 Å². The normalized spacial score (nSPS) is 10.5. The van der Waals surface area contributed by atoms with Gasteiger partial charge in [0.05, 0.1) is 11.1 Å². The van der Waals surface area contributed by atoms with Gasteiger partial charge < -0.3 is 14.8 Å². The van der Waals surface area contributed by atoms with Crippen molar-refractivity contribution in [3.8, 4) is 11.5 Å². The summed E-state index contributed by atoms with van der Waals surface area (Å²) in [6.45, 7) is 4.49. The van der Waals surface area contributed by atoms with E-state index in [-0.39, 0.29) is 12.4 Å². The molecule has 0 aliphatic heterocycles. The lowest BCUT2D eigenvalue weighted by molar-refractivity contribution is 0.267. The summed E-state index contributed by atoms with van der Waals surface area (Å²) < 4.78 is 12.7. The van der Waals surface area contributed by atoms with Crippen LogP contribution >= 0.6 is 51.5 Å². The van der Waals surface area contributed by atoms with Crippen molar-refractivity contribution >= 4 is 51.5 Å². The number of rotatable bonds is 10. The summed E-state index contributed by atoms with van der Waals surface area (Å²) in [6.07, 6.45) is 0.940. The molecular weight excluding hydrogens is 521 g/mol. The standard InChI is InChI=1S/C24H24BrCl2NO2.ClH/c1-2-29-23-14-18(15-28-12-11-17-7-9-20(26)10-8-17)13-21(25)24(23)30-16-19-5-3-4-6-22(19)27;/h3-10,13-14,28H,2,11-12,15-16H2,1H3;1H. The third-order valence-electron chi connectivity index (χ3n) is 4.53. The number of benzene rings is 3. The van der Waals surface area contributed by atoms with Crippen LogP contribution in [0.3, 0.4) is 0 Å². The Kier molecular flexibility index (Phi) is 11.0. The fraction of sp³-hybridized carbons (Fsp3) is 0.250. The SMILES string of the molecule is CCOc1cc(CNCCc2ccc(Cl)cc2)cc(Br)c1OCc1ccccc1Cl.Cl. The van der Waals surface area contributed by atoms with E-state index in [0.29, 0.717) is 29.7 Å². The van der Waals surface area contributed by atoms with Crippen LogP contribution in [0.4, 0.5) is 0 Å². The van der Waals surface area contributed by atoms with E-state index in [0.717, 1.165) is 40.1 Å². The van der Waals surface area contributed by atoms with Crippen molar-refractivity contribution in [2.24, 2.45) is 0 Å². The lowest BCUT2D eigenvalue weighted by atomic mass is 10.1. The molecule has 0 saturated heterocycles. The van der Waals surface area contributed by atoms with E-state index >= 15 is 0 Å². The molecule has 0 spiro atoms. The first-order valence-corrected chi connectivity index (χ1v) is 11.4. The van der Waals surface area contributed by atoms with E-state index in [2.05, 4.69) is 39.4 Å². The molecule has 7 heteroatoms. The summed E-state index contributed by atoms with van der Waals surface area (Å²) in [7, 11) is 0. The monoisotopic (exact) mass is 543 g/mol. The molecule has 1 N–H and O–H groups in total. The van der Waals surface area contributed by atoms with E-state index in [9.17, 15) is 0 Å². The van der Waals surface area contributed by atoms with Gasteiger partial charge in [-0.2, -0.15) is 0 Å². The molecule has 0 amide bonds. The maximum atomic E-state index is 6.24. The zero-order chi connectivity index (χ0) is 21.3. The molecule has 0 bridgehead atoms. The van der Waals surface area contributed by atoms with Crippen LogP contribution in [-0.4, -0.2) is 13.2 Å². The van der Waals surface area contributed by atoms with Crippen molar-refractivity contribution in [2.75, 3.05) is 13.2 Å². The minimum absolute atomic E-state index is 0. The third kappa shape index (κ3) is 7.89. The van der Waals surface area contributed by atoms with E-state index in [1.54, 1.807) is 0 Å². The highest BCUT2D eigenvalue weighted by Gasteiger charge is 2.13. The van der Waals surface area contributed by atoms with E-state index in [1.165, 1.54) is 5.56 Å². The number of hydrogen-bond acceptors (Lipinski definition) is 3. The summed E-state index contributed by atoms with van der Waals surface area (Å²) in [6, 6.07) is 19.7. The van der Waals surface area contributed by atoms with Crippen LogP contribution in [0, 0.1) is 0 Å². The molecule has 3 rings (SSSR count). The van der Waals surface area contributed by atoms with Gasteiger partial charge in [-0.1, -0.05) is 53.5 Å². The second kappa shape index (κ2) is 13.2. The lowest BCUT2D eigenvalue weighted by Gasteiger charge is -2.16. The van der Waals surface area contributed by atoms with Crippen molar-refractivity contribution in [3.63, 3.8) is 0 Å². The summed E-state index contributed by atoms with van der Waals surface area (Å²) in [5.41, 5.74) is 3.30. The molecule has 0 heterocycles. The van der Waals surface area contributed by atoms with E-state index in [1.807, 2.05) is 49.4 Å². The quantitative estimate of drug-likeness (QED) is 0.268. The average Bonchev–Trinajstić information content (AvgIpc) is 2.73. The molecular formula is C24H25BrCl3NO2. The Bertz CT molecular complexity index is 968. The van der Waals surface area contributed by atoms with Gasteiger partial charge in [-0.25, -0.2) is 0 Å². The summed E-state index contributed by atoms with van der Waals surface area (Å²) in [5, 5.41) is 4.93. The Morgan fingerprint density at radius 1 is 0.935 bits per heavy atom. The molecule has 0 aliphatic rings. The van der Waals surface area contributed by atoms with Gasteiger partial charge in [-0.3, -0.25) is 0 Å². The van der Waals surface area contributed by atoms with E-state index < -0.39 is 0 Å². The first-order valence-electron chi connectivity index (χ1n) is 9.83. The van der Waals surface area contributed by atoms with Crippen molar-refractivity contribution < 1.29 is 9.47 Å². The van der Waals surface area contributed by atoms with Crippen LogP contribution < -0.4 is 14.8 Å². The molecule has 0 saturated carbocycles. The number of ether oxygens (including phenoxy) is 2. The average molecular weight is 546 g/mol. The molecule has 3 aromatic rings. The fourth-order valence-electron chi connectivity index (χ4n) is 3.01. The topological polar surface area (TPSA) is 30.5 Å². The zero-order valence-electron chi connectivity index (χ0n) is 17.2. The molecule has 31 heavy (non-hydrogen) atoms. The van der Waals surface area contributed by atoms with Crippen LogP contribution in [0.15, 0.2) is 65.1 Å². The van der Waals surface area contributed by atoms with Crippen LogP contribution in [-0.2, 0) is 19.6 Å². The number of hydrogen-bond donors (Lipinski definition) is 1. The molecule has 3 nitrogen and oxygen atoms in total. The summed E-state index contributed by atoms with van der Waals surface area (Å²) in [4.78, 5) is 0. The Hall–Kier alpha value is -1.43. The lowest BCUT2D eigenvalue weighted by Crippen LogP contribution is -2.17. The zero-order valence-corrected chi connectivity index (χ0v) is 21.1. The van der Waals surface area contributed by atoms with Crippen molar-refractivity contribution in [1.29, 1.82) is 0 Å². The molecule has 0 aliphatic carbocycles. The maximum Gasteiger partial charge on any atom is 0.175 e. The Morgan fingerprint density at radius 3 is 2.39 bits per heavy atom. The minimum Gasteiger partial charge on any atom is -0.490 e. The highest BCUT2D eigenvalue weighted by molar-refractivity contribution is 9.10. The van der Waals surface area contributed by atoms with Crippen LogP contribution in [0.2, 0.25) is 10.0 Å². The predicted octanol–water partition coefficient (Wildman–Crippen LogP) is 7.49. The number of nitrogens with one attached hydrogen (secondary N) is 1. The van der Waals surface area contributed by atoms with Gasteiger partial charge in [0.2, 0.25) is 0 Å². The molecule has 0 radical (unpaired) electrons. The Labute approximate surface area is 208 Å². The first-order chi connectivity index (χ1) is 14.6. The largest absolute Gasteiger partial charge is 0.490 e. The van der Waals surface area contributed by atoms with Crippen LogP contribution in [0.25, 0.3) is 0 Å². The van der Waals surface area contributed by atoms with Gasteiger partial charge in [0.1, 0.15) is 6.61 Å². The molecule has 3 aromatic carbocycles. The van der Waals surface area contributed by atoms with Crippen molar-refractivity contribution in [1.82, 2.24) is 5.32 Å². The fourth-order valence-corrected chi connectivity index (χ4v) is 3.93. The predicted molar refractivity (Wildman–Crippen MR) is 135 cm³/mol. The smallest absolute Gasteiger partial charge is 0.175 e. The first kappa shape index (κ1) is 25.8. The van der Waals surface area contributed by atoms with Crippen molar-refractivity contribution in [3.05, 3.63) is 91.9 Å². The second-order valence-electron chi connectivity index (χ2n) is 6.77. The minimum atomic E-state index is 0. The molecule has 0 fully saturated rings. The van der Waals surface area contributed by atoms with Gasteiger partial charge in [0.15, 0.2) is 11.5 Å². The third-order valence-corrected chi connectivity index (χ3v) is 5.74. The summed E-state index contributed by atoms with van der Waals surface area (Å²) >= 11 is 15.8. The maximum absolute atomic E-state index is 6.24. The van der Waals surface area contributed by atoms with Gasteiger partial charge in [-0.15, -0.1) is 12.4 Å². The van der Waals surface area contributed by atoms with E-state index in [4.69, 9.17) is 32.7 Å². The number of halogens is 4.